The van der Waals surface area contributed by atoms with Crippen molar-refractivity contribution in [3.63, 3.8) is 0 Å². The van der Waals surface area contributed by atoms with Gasteiger partial charge in [-0.2, -0.15) is 0 Å². The molecule has 1 aromatic carbocycles. The average Bonchev–Trinajstić information content (AvgIpc) is 3.30. The van der Waals surface area contributed by atoms with E-state index in [1.54, 1.807) is 50.2 Å². The number of benzene rings is 1. The Balaban J connectivity index is 1.64. The molecule has 0 spiro atoms. The second-order valence-electron chi connectivity index (χ2n) is 11.4. The summed E-state index contributed by atoms with van der Waals surface area (Å²) in [5.41, 5.74) is 12.1. The van der Waals surface area contributed by atoms with E-state index in [1.807, 2.05) is 0 Å². The minimum absolute atomic E-state index is 0.0784. The molecule has 2 aliphatic rings. The molecular weight excluding hydrogens is 497 g/mol. The Morgan fingerprint density at radius 1 is 1.23 bits per heavy atom. The Kier molecular flexibility index (Phi) is 10.6. The fraction of sp³-hybridized carbons (Fsp3) is 0.621. The first-order valence-electron chi connectivity index (χ1n) is 14.0. The Morgan fingerprint density at radius 3 is 2.41 bits per heavy atom. The van der Waals surface area contributed by atoms with E-state index in [4.69, 9.17) is 11.5 Å². The van der Waals surface area contributed by atoms with Gasteiger partial charge in [0, 0.05) is 58.6 Å². The van der Waals surface area contributed by atoms with Gasteiger partial charge in [0.25, 0.3) is 0 Å². The van der Waals surface area contributed by atoms with E-state index in [-0.39, 0.29) is 17.8 Å². The highest BCUT2D eigenvalue weighted by atomic mass is 19.1. The number of carbonyl (C=O) groups is 2. The molecule has 0 radical (unpaired) electrons. The van der Waals surface area contributed by atoms with Crippen molar-refractivity contribution in [2.24, 2.45) is 28.3 Å². The van der Waals surface area contributed by atoms with Crippen LogP contribution in [0.2, 0.25) is 0 Å². The topological polar surface area (TPSA) is 112 Å². The highest BCUT2D eigenvalue weighted by Crippen LogP contribution is 2.27. The second-order valence-corrected chi connectivity index (χ2v) is 11.4. The molecule has 2 amide bonds. The van der Waals surface area contributed by atoms with Gasteiger partial charge in [-0.3, -0.25) is 24.4 Å². The molecule has 1 aromatic rings. The number of halogens is 1. The van der Waals surface area contributed by atoms with E-state index in [2.05, 4.69) is 28.6 Å². The maximum absolute atomic E-state index is 15.2. The first kappa shape index (κ1) is 30.7. The van der Waals surface area contributed by atoms with Crippen LogP contribution in [0.5, 0.6) is 0 Å². The molecule has 2 fully saturated rings. The Labute approximate surface area is 232 Å². The van der Waals surface area contributed by atoms with Crippen molar-refractivity contribution >= 4 is 23.8 Å². The summed E-state index contributed by atoms with van der Waals surface area (Å²) < 4.78 is 15.2. The summed E-state index contributed by atoms with van der Waals surface area (Å²) in [6, 6.07) is 5.22. The zero-order valence-electron chi connectivity index (χ0n) is 24.1. The lowest BCUT2D eigenvalue weighted by molar-refractivity contribution is -0.137. The predicted molar refractivity (Wildman–Crippen MR) is 155 cm³/mol. The molecule has 0 saturated carbocycles. The van der Waals surface area contributed by atoms with E-state index in [1.165, 1.54) is 11.0 Å². The van der Waals surface area contributed by atoms with Crippen molar-refractivity contribution in [1.29, 1.82) is 0 Å². The number of nitrogens with two attached hydrogens (primary N) is 2. The van der Waals surface area contributed by atoms with Gasteiger partial charge in [-0.25, -0.2) is 4.39 Å². The number of amidine groups is 1. The van der Waals surface area contributed by atoms with Crippen molar-refractivity contribution < 1.29 is 14.0 Å². The van der Waals surface area contributed by atoms with Crippen LogP contribution in [0.3, 0.4) is 0 Å². The van der Waals surface area contributed by atoms with Gasteiger partial charge in [-0.05, 0) is 68.8 Å². The normalized spacial score (nSPS) is 22.0. The SMILES string of the molecule is CCC(Cc1ccc(N(C=O)/C=C\C(=N/C)N2CCN(C(=O)C(C)(C)N)CC2)cc1F)N1CC(C)[C@H](CN)C1. The van der Waals surface area contributed by atoms with E-state index in [0.29, 0.717) is 74.5 Å². The van der Waals surface area contributed by atoms with Crippen molar-refractivity contribution in [3.05, 3.63) is 41.9 Å². The van der Waals surface area contributed by atoms with Crippen LogP contribution in [0.1, 0.15) is 39.7 Å². The molecule has 216 valence electrons. The number of nitrogens with zero attached hydrogens (tertiary/aromatic N) is 5. The van der Waals surface area contributed by atoms with Crippen molar-refractivity contribution in [2.45, 2.75) is 52.1 Å². The smallest absolute Gasteiger partial charge is 0.242 e. The lowest BCUT2D eigenvalue weighted by atomic mass is 9.99. The van der Waals surface area contributed by atoms with Crippen molar-refractivity contribution in [3.8, 4) is 0 Å². The highest BCUT2D eigenvalue weighted by molar-refractivity contribution is 5.94. The van der Waals surface area contributed by atoms with Crippen LogP contribution in [0.15, 0.2) is 35.5 Å². The van der Waals surface area contributed by atoms with Crippen LogP contribution < -0.4 is 16.4 Å². The van der Waals surface area contributed by atoms with E-state index >= 15 is 4.39 Å². The minimum Gasteiger partial charge on any atom is -0.353 e. The third kappa shape index (κ3) is 7.64. The molecule has 0 bridgehead atoms. The number of hydrogen-bond acceptors (Lipinski definition) is 6. The highest BCUT2D eigenvalue weighted by Gasteiger charge is 2.33. The molecule has 2 heterocycles. The van der Waals surface area contributed by atoms with Crippen LogP contribution >= 0.6 is 0 Å². The Bertz CT molecular complexity index is 1050. The van der Waals surface area contributed by atoms with Crippen LogP contribution in [-0.4, -0.2) is 97.3 Å². The summed E-state index contributed by atoms with van der Waals surface area (Å²) in [7, 11) is 1.68. The predicted octanol–water partition coefficient (Wildman–Crippen LogP) is 2.06. The molecule has 2 unspecified atom stereocenters. The lowest BCUT2D eigenvalue weighted by Gasteiger charge is -2.38. The fourth-order valence-corrected chi connectivity index (χ4v) is 5.52. The maximum atomic E-state index is 15.2. The van der Waals surface area contributed by atoms with E-state index in [9.17, 15) is 9.59 Å². The van der Waals surface area contributed by atoms with Gasteiger partial charge in [-0.15, -0.1) is 0 Å². The Morgan fingerprint density at radius 2 is 1.90 bits per heavy atom. The largest absolute Gasteiger partial charge is 0.353 e. The molecule has 4 N–H and O–H groups in total. The number of aliphatic imine (C=N–C) groups is 1. The van der Waals surface area contributed by atoms with Gasteiger partial charge >= 0.3 is 0 Å². The summed E-state index contributed by atoms with van der Waals surface area (Å²) in [5, 5.41) is 0. The first-order chi connectivity index (χ1) is 18.5. The zero-order chi connectivity index (χ0) is 28.7. The number of amides is 2. The molecule has 2 saturated heterocycles. The second kappa shape index (κ2) is 13.5. The van der Waals surface area contributed by atoms with Gasteiger partial charge in [0.1, 0.15) is 11.7 Å². The summed E-state index contributed by atoms with van der Waals surface area (Å²) >= 11 is 0. The van der Waals surface area contributed by atoms with Crippen molar-refractivity contribution in [1.82, 2.24) is 14.7 Å². The summed E-state index contributed by atoms with van der Waals surface area (Å²) in [5.74, 6) is 1.32. The zero-order valence-corrected chi connectivity index (χ0v) is 24.1. The third-order valence-corrected chi connectivity index (χ3v) is 8.05. The average molecular weight is 544 g/mol. The van der Waals surface area contributed by atoms with Crippen molar-refractivity contribution in [2.75, 3.05) is 57.8 Å². The molecule has 0 aliphatic carbocycles. The number of hydrogen-bond donors (Lipinski definition) is 2. The number of likely N-dealkylation sites (tertiary alicyclic amines) is 1. The van der Waals surface area contributed by atoms with Gasteiger partial charge in [-0.1, -0.05) is 19.9 Å². The molecule has 0 aromatic heterocycles. The molecule has 3 rings (SSSR count). The first-order valence-corrected chi connectivity index (χ1v) is 14.0. The molecule has 3 atom stereocenters. The van der Waals surface area contributed by atoms with Gasteiger partial charge in [0.2, 0.25) is 12.3 Å². The van der Waals surface area contributed by atoms with Crippen LogP contribution in [0.4, 0.5) is 10.1 Å². The number of rotatable bonds is 10. The van der Waals surface area contributed by atoms with E-state index in [0.717, 1.165) is 19.5 Å². The number of piperazine rings is 1. The quantitative estimate of drug-likeness (QED) is 0.266. The minimum atomic E-state index is -0.906. The molecule has 39 heavy (non-hydrogen) atoms. The molecule has 9 nitrogen and oxygen atoms in total. The fourth-order valence-electron chi connectivity index (χ4n) is 5.52. The molecular formula is C29H46FN7O2. The monoisotopic (exact) mass is 543 g/mol. The number of anilines is 1. The summed E-state index contributed by atoms with van der Waals surface area (Å²) in [4.78, 5) is 36.3. The maximum Gasteiger partial charge on any atom is 0.242 e. The molecule has 10 heteroatoms. The molecule has 2 aliphatic heterocycles. The number of carbonyl (C=O) groups excluding carboxylic acids is 2. The summed E-state index contributed by atoms with van der Waals surface area (Å²) in [6.07, 6.45) is 5.54. The lowest BCUT2D eigenvalue weighted by Crippen LogP contribution is -2.57. The van der Waals surface area contributed by atoms with Gasteiger partial charge in [0.15, 0.2) is 0 Å². The Hall–Kier alpha value is -2.82. The standard InChI is InChI=1S/C29H46FN7O2/c1-6-24(37-18-21(2)23(17-31)19-37)15-22-7-8-25(16-26(22)30)36(20-38)10-9-27(33-5)34-11-13-35(14-12-34)28(39)29(3,4)32/h7-10,16,20-21,23-24H,6,11-15,17-19,31-32H2,1-5H3/b10-9-,33-27+/t21?,23-,24?/m1/s1. The van der Waals surface area contributed by atoms with Gasteiger partial charge < -0.3 is 21.3 Å². The van der Waals surface area contributed by atoms with Gasteiger partial charge in [0.05, 0.1) is 11.2 Å². The van der Waals surface area contributed by atoms with Crippen LogP contribution in [-0.2, 0) is 16.0 Å². The third-order valence-electron chi connectivity index (χ3n) is 8.05. The van der Waals surface area contributed by atoms with E-state index < -0.39 is 5.54 Å². The summed E-state index contributed by atoms with van der Waals surface area (Å²) in [6.45, 7) is 12.7. The van der Waals surface area contributed by atoms with Crippen LogP contribution in [0, 0.1) is 17.7 Å². The van der Waals surface area contributed by atoms with Crippen LogP contribution in [0.25, 0.3) is 0 Å².